The minimum Gasteiger partial charge on any atom is -0.330 e. The Bertz CT molecular complexity index is 276. The minimum absolute atomic E-state index is 0. The number of hydrogen-bond donors (Lipinski definition) is 1. The molecule has 1 heterocycles. The Balaban J connectivity index is 0.00000169. The van der Waals surface area contributed by atoms with Crippen molar-refractivity contribution in [2.45, 2.75) is 19.0 Å². The third kappa shape index (κ3) is 3.51. The van der Waals surface area contributed by atoms with Gasteiger partial charge in [-0.2, -0.15) is 18.2 Å². The molecule has 1 aromatic rings. The summed E-state index contributed by atoms with van der Waals surface area (Å²) in [6, 6.07) is 0. The molecule has 0 spiro atoms. The minimum atomic E-state index is -4.56. The van der Waals surface area contributed by atoms with E-state index in [0.29, 0.717) is 19.4 Å². The van der Waals surface area contributed by atoms with Crippen LogP contribution in [-0.2, 0) is 12.6 Å². The predicted octanol–water partition coefficient (Wildman–Crippen LogP) is 1.40. The molecule has 0 aliphatic heterocycles. The number of aromatic nitrogens is 2. The van der Waals surface area contributed by atoms with Gasteiger partial charge in [0.25, 0.3) is 0 Å². The van der Waals surface area contributed by atoms with Gasteiger partial charge in [-0.15, -0.1) is 12.4 Å². The maximum Gasteiger partial charge on any atom is 0.471 e. The lowest BCUT2D eigenvalue weighted by Crippen LogP contribution is -2.06. The predicted molar refractivity (Wildman–Crippen MR) is 43.9 cm³/mol. The molecule has 0 aromatic carbocycles. The number of hydrogen-bond acceptors (Lipinski definition) is 4. The number of halogens is 4. The van der Waals surface area contributed by atoms with Crippen LogP contribution in [0.4, 0.5) is 13.2 Å². The Kier molecular flexibility index (Phi) is 4.86. The van der Waals surface area contributed by atoms with E-state index in [1.807, 2.05) is 0 Å². The van der Waals surface area contributed by atoms with E-state index in [9.17, 15) is 13.2 Å². The van der Waals surface area contributed by atoms with Crippen LogP contribution in [0.1, 0.15) is 18.1 Å². The summed E-state index contributed by atoms with van der Waals surface area (Å²) < 4.78 is 39.7. The van der Waals surface area contributed by atoms with Crippen LogP contribution < -0.4 is 5.73 Å². The average molecular weight is 232 g/mol. The molecule has 82 valence electrons. The van der Waals surface area contributed by atoms with E-state index >= 15 is 0 Å². The number of nitrogens with zero attached hydrogens (tertiary/aromatic N) is 2. The molecule has 2 N–H and O–H groups in total. The third-order valence-electron chi connectivity index (χ3n) is 1.32. The highest BCUT2D eigenvalue weighted by molar-refractivity contribution is 5.85. The second-order valence-corrected chi connectivity index (χ2v) is 2.41. The first-order chi connectivity index (χ1) is 6.04. The second kappa shape index (κ2) is 5.16. The summed E-state index contributed by atoms with van der Waals surface area (Å²) >= 11 is 0. The van der Waals surface area contributed by atoms with E-state index < -0.39 is 12.1 Å². The van der Waals surface area contributed by atoms with Crippen molar-refractivity contribution in [2.75, 3.05) is 6.54 Å². The largest absolute Gasteiger partial charge is 0.471 e. The fourth-order valence-corrected chi connectivity index (χ4v) is 0.731. The Hall–Kier alpha value is -0.820. The van der Waals surface area contributed by atoms with Crippen LogP contribution >= 0.6 is 12.4 Å². The van der Waals surface area contributed by atoms with Crippen molar-refractivity contribution < 1.29 is 17.7 Å². The van der Waals surface area contributed by atoms with Crippen molar-refractivity contribution in [3.8, 4) is 0 Å². The molecule has 0 saturated heterocycles. The molecule has 4 nitrogen and oxygen atoms in total. The van der Waals surface area contributed by atoms with E-state index in [1.165, 1.54) is 0 Å². The fourth-order valence-electron chi connectivity index (χ4n) is 0.731. The van der Waals surface area contributed by atoms with Crippen molar-refractivity contribution in [2.24, 2.45) is 5.73 Å². The van der Waals surface area contributed by atoms with Gasteiger partial charge in [0, 0.05) is 6.42 Å². The standard InChI is InChI=1S/C6H8F3N3O.ClH/c7-6(8,9)5-11-4(12-13-5)2-1-3-10;/h1-3,10H2;1H. The monoisotopic (exact) mass is 231 g/mol. The van der Waals surface area contributed by atoms with Crippen LogP contribution in [0.2, 0.25) is 0 Å². The van der Waals surface area contributed by atoms with Crippen LogP contribution in [-0.4, -0.2) is 16.7 Å². The highest BCUT2D eigenvalue weighted by atomic mass is 35.5. The van der Waals surface area contributed by atoms with Gasteiger partial charge in [-0.3, -0.25) is 0 Å². The molecular formula is C6H9ClF3N3O. The molecule has 0 radical (unpaired) electrons. The Morgan fingerprint density at radius 3 is 2.43 bits per heavy atom. The number of rotatable bonds is 3. The quantitative estimate of drug-likeness (QED) is 0.854. The number of alkyl halides is 3. The highest BCUT2D eigenvalue weighted by Gasteiger charge is 2.38. The summed E-state index contributed by atoms with van der Waals surface area (Å²) in [4.78, 5) is 3.16. The molecule has 0 bridgehead atoms. The molecule has 0 unspecified atom stereocenters. The molecule has 14 heavy (non-hydrogen) atoms. The van der Waals surface area contributed by atoms with E-state index in [0.717, 1.165) is 0 Å². The van der Waals surface area contributed by atoms with Crippen molar-refractivity contribution >= 4 is 12.4 Å². The Morgan fingerprint density at radius 1 is 1.36 bits per heavy atom. The van der Waals surface area contributed by atoms with Gasteiger partial charge in [0.1, 0.15) is 0 Å². The van der Waals surface area contributed by atoms with Gasteiger partial charge < -0.3 is 10.3 Å². The van der Waals surface area contributed by atoms with Gasteiger partial charge in [0.2, 0.25) is 0 Å². The summed E-state index contributed by atoms with van der Waals surface area (Å²) in [7, 11) is 0. The molecule has 0 saturated carbocycles. The lowest BCUT2D eigenvalue weighted by atomic mass is 10.3. The lowest BCUT2D eigenvalue weighted by molar-refractivity contribution is -0.159. The zero-order valence-electron chi connectivity index (χ0n) is 7.04. The van der Waals surface area contributed by atoms with Crippen LogP contribution in [0.5, 0.6) is 0 Å². The van der Waals surface area contributed by atoms with Crippen LogP contribution in [0.15, 0.2) is 4.52 Å². The van der Waals surface area contributed by atoms with E-state index in [4.69, 9.17) is 5.73 Å². The Morgan fingerprint density at radius 2 is 2.00 bits per heavy atom. The topological polar surface area (TPSA) is 64.9 Å². The molecule has 0 aliphatic rings. The average Bonchev–Trinajstić information content (AvgIpc) is 2.47. The summed E-state index contributed by atoms with van der Waals surface area (Å²) in [6.45, 7) is 0.385. The van der Waals surface area contributed by atoms with Gasteiger partial charge in [-0.1, -0.05) is 5.16 Å². The van der Waals surface area contributed by atoms with Crippen molar-refractivity contribution in [1.29, 1.82) is 0 Å². The van der Waals surface area contributed by atoms with Crippen molar-refractivity contribution in [1.82, 2.24) is 10.1 Å². The van der Waals surface area contributed by atoms with E-state index in [2.05, 4.69) is 14.7 Å². The summed E-state index contributed by atoms with van der Waals surface area (Å²) in [5, 5.41) is 3.16. The maximum atomic E-state index is 11.9. The third-order valence-corrected chi connectivity index (χ3v) is 1.32. The van der Waals surface area contributed by atoms with E-state index in [-0.39, 0.29) is 18.2 Å². The second-order valence-electron chi connectivity index (χ2n) is 2.41. The molecular weight excluding hydrogens is 223 g/mol. The first-order valence-electron chi connectivity index (χ1n) is 3.64. The lowest BCUT2D eigenvalue weighted by Gasteiger charge is -1.95. The van der Waals surface area contributed by atoms with Crippen LogP contribution in [0.3, 0.4) is 0 Å². The van der Waals surface area contributed by atoms with Crippen molar-refractivity contribution in [3.63, 3.8) is 0 Å². The smallest absolute Gasteiger partial charge is 0.330 e. The molecule has 1 rings (SSSR count). The zero-order chi connectivity index (χ0) is 9.90. The molecule has 0 aliphatic carbocycles. The number of aryl methyl sites for hydroxylation is 1. The molecule has 0 amide bonds. The maximum absolute atomic E-state index is 11.9. The van der Waals surface area contributed by atoms with Crippen LogP contribution in [0, 0.1) is 0 Å². The van der Waals surface area contributed by atoms with Gasteiger partial charge in [-0.05, 0) is 13.0 Å². The van der Waals surface area contributed by atoms with E-state index in [1.54, 1.807) is 0 Å². The van der Waals surface area contributed by atoms with Crippen molar-refractivity contribution in [3.05, 3.63) is 11.7 Å². The fraction of sp³-hybridized carbons (Fsp3) is 0.667. The molecule has 0 fully saturated rings. The van der Waals surface area contributed by atoms with Gasteiger partial charge in [-0.25, -0.2) is 0 Å². The first kappa shape index (κ1) is 13.2. The molecule has 8 heteroatoms. The SMILES string of the molecule is Cl.NCCCc1noc(C(F)(F)F)n1. The number of nitrogens with two attached hydrogens (primary N) is 1. The summed E-state index contributed by atoms with van der Waals surface area (Å²) in [5.41, 5.74) is 5.16. The van der Waals surface area contributed by atoms with Gasteiger partial charge >= 0.3 is 12.1 Å². The summed E-state index contributed by atoms with van der Waals surface area (Å²) in [6.07, 6.45) is -3.72. The highest BCUT2D eigenvalue weighted by Crippen LogP contribution is 2.27. The molecule has 0 atom stereocenters. The first-order valence-corrected chi connectivity index (χ1v) is 3.64. The van der Waals surface area contributed by atoms with Gasteiger partial charge in [0.15, 0.2) is 5.82 Å². The van der Waals surface area contributed by atoms with Crippen LogP contribution in [0.25, 0.3) is 0 Å². The Labute approximate surface area is 84.1 Å². The molecule has 1 aromatic heterocycles. The van der Waals surface area contributed by atoms with Gasteiger partial charge in [0.05, 0.1) is 0 Å². The zero-order valence-corrected chi connectivity index (χ0v) is 7.86. The summed E-state index contributed by atoms with van der Waals surface area (Å²) in [5.74, 6) is -1.27. The normalized spacial score (nSPS) is 11.1.